The number of aryl methyl sites for hydroxylation is 1. The van der Waals surface area contributed by atoms with Gasteiger partial charge in [0.15, 0.2) is 5.75 Å². The molecule has 0 radical (unpaired) electrons. The van der Waals surface area contributed by atoms with Crippen LogP contribution in [0, 0.1) is 19.7 Å². The molecule has 4 aromatic rings. The van der Waals surface area contributed by atoms with E-state index in [1.165, 1.54) is 6.07 Å². The Hall–Kier alpha value is -3.73. The molecule has 142 valence electrons. The summed E-state index contributed by atoms with van der Waals surface area (Å²) in [6, 6.07) is 18.7. The topological polar surface area (TPSA) is 46.5 Å². The van der Waals surface area contributed by atoms with Crippen LogP contribution >= 0.6 is 0 Å². The van der Waals surface area contributed by atoms with Gasteiger partial charge in [-0.25, -0.2) is 9.37 Å². The zero-order valence-corrected chi connectivity index (χ0v) is 16.0. The first-order valence-electron chi connectivity index (χ1n) is 9.36. The van der Waals surface area contributed by atoms with Crippen molar-refractivity contribution in [1.82, 2.24) is 4.98 Å². The Balaban J connectivity index is 1.54. The summed E-state index contributed by atoms with van der Waals surface area (Å²) < 4.78 is 19.8. The van der Waals surface area contributed by atoms with Gasteiger partial charge in [0.05, 0.1) is 11.1 Å². The SMILES string of the molecule is Cc1ccc2c(c1)N=Cc1cc3cc(Nc4cccc(F)c4C)ccc3nc1O2. The standard InChI is InChI=1S/C24H18FN3O/c1-14-6-9-23-22(10-14)26-13-17-11-16-12-18(7-8-21(16)28-24(17)29-23)27-20-5-3-4-19(25)15(20)2/h3-13,27H,1-2H3. The molecule has 1 N–H and O–H groups in total. The lowest BCUT2D eigenvalue weighted by Gasteiger charge is -2.12. The minimum Gasteiger partial charge on any atom is -0.436 e. The Labute approximate surface area is 167 Å². The third-order valence-corrected chi connectivity index (χ3v) is 5.02. The number of rotatable bonds is 2. The number of anilines is 2. The minimum atomic E-state index is -0.231. The van der Waals surface area contributed by atoms with E-state index < -0.39 is 0 Å². The number of hydrogen-bond donors (Lipinski definition) is 1. The van der Waals surface area contributed by atoms with Gasteiger partial charge in [-0.15, -0.1) is 0 Å². The van der Waals surface area contributed by atoms with E-state index in [4.69, 9.17) is 4.74 Å². The molecular formula is C24H18FN3O. The zero-order valence-electron chi connectivity index (χ0n) is 16.0. The maximum Gasteiger partial charge on any atom is 0.228 e. The van der Waals surface area contributed by atoms with E-state index in [0.29, 0.717) is 17.2 Å². The maximum atomic E-state index is 13.8. The molecule has 0 atom stereocenters. The van der Waals surface area contributed by atoms with Crippen LogP contribution in [0.25, 0.3) is 10.9 Å². The lowest BCUT2D eigenvalue weighted by molar-refractivity contribution is 0.467. The molecule has 3 aromatic carbocycles. The van der Waals surface area contributed by atoms with Crippen LogP contribution < -0.4 is 10.1 Å². The van der Waals surface area contributed by atoms with Crippen molar-refractivity contribution in [2.75, 3.05) is 5.32 Å². The Kier molecular flexibility index (Phi) is 4.02. The molecule has 1 aliphatic heterocycles. The van der Waals surface area contributed by atoms with E-state index in [1.807, 2.05) is 55.5 Å². The van der Waals surface area contributed by atoms with Crippen molar-refractivity contribution in [3.8, 4) is 11.6 Å². The van der Waals surface area contributed by atoms with Gasteiger partial charge in [-0.05, 0) is 67.9 Å². The van der Waals surface area contributed by atoms with Crippen LogP contribution in [0.4, 0.5) is 21.5 Å². The summed E-state index contributed by atoms with van der Waals surface area (Å²) in [4.78, 5) is 9.24. The van der Waals surface area contributed by atoms with Crippen molar-refractivity contribution in [3.63, 3.8) is 0 Å². The second kappa shape index (κ2) is 6.71. The number of halogens is 1. The number of ether oxygens (including phenoxy) is 1. The van der Waals surface area contributed by atoms with Crippen LogP contribution in [-0.4, -0.2) is 11.2 Å². The maximum absolute atomic E-state index is 13.8. The molecule has 0 bridgehead atoms. The molecule has 0 spiro atoms. The summed E-state index contributed by atoms with van der Waals surface area (Å²) >= 11 is 0. The van der Waals surface area contributed by atoms with Crippen LogP contribution in [0.3, 0.4) is 0 Å². The molecule has 0 saturated carbocycles. The lowest BCUT2D eigenvalue weighted by atomic mass is 10.1. The van der Waals surface area contributed by atoms with Gasteiger partial charge in [-0.3, -0.25) is 4.99 Å². The van der Waals surface area contributed by atoms with Gasteiger partial charge in [0.2, 0.25) is 5.88 Å². The summed E-state index contributed by atoms with van der Waals surface area (Å²) in [5.74, 6) is 0.994. The monoisotopic (exact) mass is 383 g/mol. The summed E-state index contributed by atoms with van der Waals surface area (Å²) in [7, 11) is 0. The van der Waals surface area contributed by atoms with E-state index in [-0.39, 0.29) is 5.82 Å². The van der Waals surface area contributed by atoms with Gasteiger partial charge in [0.25, 0.3) is 0 Å². The average molecular weight is 383 g/mol. The first kappa shape index (κ1) is 17.4. The highest BCUT2D eigenvalue weighted by Gasteiger charge is 2.15. The van der Waals surface area contributed by atoms with E-state index in [9.17, 15) is 4.39 Å². The highest BCUT2D eigenvalue weighted by Crippen LogP contribution is 2.37. The van der Waals surface area contributed by atoms with Crippen molar-refractivity contribution in [1.29, 1.82) is 0 Å². The normalized spacial score (nSPS) is 12.1. The number of aliphatic imine (C=N–C) groups is 1. The average Bonchev–Trinajstić information content (AvgIpc) is 2.88. The predicted molar refractivity (Wildman–Crippen MR) is 115 cm³/mol. The van der Waals surface area contributed by atoms with Crippen molar-refractivity contribution in [3.05, 3.63) is 83.2 Å². The number of fused-ring (bicyclic) bond motifs is 3. The quantitative estimate of drug-likeness (QED) is 0.374. The summed E-state index contributed by atoms with van der Waals surface area (Å²) in [6.45, 7) is 3.78. The number of benzene rings is 3. The van der Waals surface area contributed by atoms with Crippen LogP contribution in [0.15, 0.2) is 65.7 Å². The smallest absolute Gasteiger partial charge is 0.228 e. The van der Waals surface area contributed by atoms with Gasteiger partial charge in [0.1, 0.15) is 11.5 Å². The fourth-order valence-corrected chi connectivity index (χ4v) is 3.38. The molecule has 4 nitrogen and oxygen atoms in total. The number of nitrogens with zero attached hydrogens (tertiary/aromatic N) is 2. The van der Waals surface area contributed by atoms with Crippen LogP contribution in [0.2, 0.25) is 0 Å². The molecule has 5 rings (SSSR count). The predicted octanol–water partition coefficient (Wildman–Crippen LogP) is 6.59. The molecule has 0 amide bonds. The number of hydrogen-bond acceptors (Lipinski definition) is 4. The Morgan fingerprint density at radius 2 is 1.86 bits per heavy atom. The van der Waals surface area contributed by atoms with Crippen LogP contribution in [-0.2, 0) is 0 Å². The molecule has 1 aliphatic rings. The summed E-state index contributed by atoms with van der Waals surface area (Å²) in [6.07, 6.45) is 1.78. The van der Waals surface area contributed by atoms with Crippen molar-refractivity contribution < 1.29 is 9.13 Å². The second-order valence-corrected chi connectivity index (χ2v) is 7.16. The molecule has 0 fully saturated rings. The van der Waals surface area contributed by atoms with Crippen LogP contribution in [0.1, 0.15) is 16.7 Å². The Bertz CT molecular complexity index is 1300. The van der Waals surface area contributed by atoms with Crippen molar-refractivity contribution in [2.24, 2.45) is 4.99 Å². The van der Waals surface area contributed by atoms with E-state index >= 15 is 0 Å². The van der Waals surface area contributed by atoms with Crippen molar-refractivity contribution in [2.45, 2.75) is 13.8 Å². The molecular weight excluding hydrogens is 365 g/mol. The van der Waals surface area contributed by atoms with E-state index in [1.54, 1.807) is 19.2 Å². The third kappa shape index (κ3) is 3.21. The third-order valence-electron chi connectivity index (χ3n) is 5.02. The molecule has 2 heterocycles. The molecule has 0 saturated heterocycles. The number of aromatic nitrogens is 1. The number of pyridine rings is 1. The first-order chi connectivity index (χ1) is 14.1. The highest BCUT2D eigenvalue weighted by atomic mass is 19.1. The molecule has 1 aromatic heterocycles. The van der Waals surface area contributed by atoms with Gasteiger partial charge in [-0.1, -0.05) is 12.1 Å². The van der Waals surface area contributed by atoms with Crippen molar-refractivity contribution >= 4 is 34.2 Å². The molecule has 5 heteroatoms. The minimum absolute atomic E-state index is 0.231. The van der Waals surface area contributed by atoms with E-state index in [2.05, 4.69) is 15.3 Å². The summed E-state index contributed by atoms with van der Waals surface area (Å²) in [5, 5.41) is 4.23. The lowest BCUT2D eigenvalue weighted by Crippen LogP contribution is -1.97. The molecule has 0 aliphatic carbocycles. The zero-order chi connectivity index (χ0) is 20.0. The Morgan fingerprint density at radius 3 is 2.76 bits per heavy atom. The first-order valence-corrected chi connectivity index (χ1v) is 9.36. The van der Waals surface area contributed by atoms with E-state index in [0.717, 1.165) is 39.1 Å². The van der Waals surface area contributed by atoms with Gasteiger partial charge < -0.3 is 10.1 Å². The summed E-state index contributed by atoms with van der Waals surface area (Å²) in [5.41, 5.74) is 5.72. The molecule has 29 heavy (non-hydrogen) atoms. The second-order valence-electron chi connectivity index (χ2n) is 7.16. The number of nitrogens with one attached hydrogen (secondary N) is 1. The fraction of sp³-hybridized carbons (Fsp3) is 0.0833. The van der Waals surface area contributed by atoms with Gasteiger partial charge in [-0.2, -0.15) is 0 Å². The molecule has 0 unspecified atom stereocenters. The largest absolute Gasteiger partial charge is 0.436 e. The Morgan fingerprint density at radius 1 is 0.966 bits per heavy atom. The van der Waals surface area contributed by atoms with Gasteiger partial charge >= 0.3 is 0 Å². The highest BCUT2D eigenvalue weighted by molar-refractivity contribution is 5.94. The fourth-order valence-electron chi connectivity index (χ4n) is 3.38. The van der Waals surface area contributed by atoms with Crippen LogP contribution in [0.5, 0.6) is 11.6 Å². The van der Waals surface area contributed by atoms with Gasteiger partial charge in [0, 0.05) is 28.5 Å².